The molecule has 0 heterocycles. The molecular weight excluding hydrogens is 494 g/mol. The zero-order chi connectivity index (χ0) is 18.9. The monoisotopic (exact) mass is 492 g/mol. The average molecular weight is 494 g/mol. The van der Waals surface area contributed by atoms with E-state index >= 15 is 0 Å². The van der Waals surface area contributed by atoms with Crippen molar-refractivity contribution in [3.8, 4) is 0 Å². The SMILES string of the molecule is Fc1c(F)c(F)c(Br)c(F)c1F.Fc1c(F)c(F)c(Br)c(F)c1F. The summed E-state index contributed by atoms with van der Waals surface area (Å²) >= 11 is 4.44. The molecule has 2 aromatic carbocycles. The third-order valence-electron chi connectivity index (χ3n) is 2.31. The highest BCUT2D eigenvalue weighted by atomic mass is 79.9. The van der Waals surface area contributed by atoms with E-state index in [0.717, 1.165) is 0 Å². The van der Waals surface area contributed by atoms with Gasteiger partial charge in [-0.05, 0) is 31.9 Å². The first-order chi connectivity index (χ1) is 10.9. The van der Waals surface area contributed by atoms with Crippen molar-refractivity contribution >= 4 is 31.9 Å². The summed E-state index contributed by atoms with van der Waals surface area (Å²) in [6.07, 6.45) is 0. The molecule has 0 spiro atoms. The molecule has 0 saturated heterocycles. The van der Waals surface area contributed by atoms with Crippen LogP contribution in [0.3, 0.4) is 0 Å². The summed E-state index contributed by atoms with van der Waals surface area (Å²) in [6.45, 7) is 0. The van der Waals surface area contributed by atoms with E-state index in [2.05, 4.69) is 31.9 Å². The van der Waals surface area contributed by atoms with Crippen molar-refractivity contribution in [2.24, 2.45) is 0 Å². The van der Waals surface area contributed by atoms with E-state index in [9.17, 15) is 43.9 Å². The van der Waals surface area contributed by atoms with E-state index in [1.165, 1.54) is 0 Å². The first-order valence-electron chi connectivity index (χ1n) is 5.27. The number of rotatable bonds is 0. The predicted molar refractivity (Wildman–Crippen MR) is 67.9 cm³/mol. The van der Waals surface area contributed by atoms with Crippen molar-refractivity contribution in [3.63, 3.8) is 0 Å². The van der Waals surface area contributed by atoms with E-state index < -0.39 is 67.1 Å². The largest absolute Gasteiger partial charge is 0.202 e. The molecule has 0 N–H and O–H groups in total. The summed E-state index contributed by atoms with van der Waals surface area (Å²) in [5, 5.41) is 0. The maximum atomic E-state index is 12.4. The molecule has 132 valence electrons. The minimum Gasteiger partial charge on any atom is -0.202 e. The van der Waals surface area contributed by atoms with Crippen LogP contribution in [0.15, 0.2) is 8.95 Å². The summed E-state index contributed by atoms with van der Waals surface area (Å²) in [6, 6.07) is 0. The minimum atomic E-state index is -2.16. The Bertz CT molecular complexity index is 528. The van der Waals surface area contributed by atoms with Crippen molar-refractivity contribution in [1.82, 2.24) is 0 Å². The van der Waals surface area contributed by atoms with E-state index in [0.29, 0.717) is 0 Å². The van der Waals surface area contributed by atoms with E-state index in [4.69, 9.17) is 0 Å². The summed E-state index contributed by atoms with van der Waals surface area (Å²) in [4.78, 5) is 0. The highest BCUT2D eigenvalue weighted by Gasteiger charge is 2.24. The van der Waals surface area contributed by atoms with Crippen molar-refractivity contribution in [1.29, 1.82) is 0 Å². The van der Waals surface area contributed by atoms with Gasteiger partial charge in [-0.3, -0.25) is 0 Å². The Balaban J connectivity index is 0.000000240. The molecule has 0 fully saturated rings. The van der Waals surface area contributed by atoms with Gasteiger partial charge in [0.1, 0.15) is 0 Å². The molecule has 0 bridgehead atoms. The van der Waals surface area contributed by atoms with Gasteiger partial charge in [-0.1, -0.05) is 0 Å². The molecule has 0 aliphatic rings. The molecular formula is C12Br2F10. The lowest BCUT2D eigenvalue weighted by atomic mass is 10.3. The second-order valence-electron chi connectivity index (χ2n) is 3.77. The zero-order valence-electron chi connectivity index (χ0n) is 10.5. The van der Waals surface area contributed by atoms with Gasteiger partial charge in [0, 0.05) is 0 Å². The Morgan fingerprint density at radius 2 is 0.417 bits per heavy atom. The second kappa shape index (κ2) is 7.72. The fraction of sp³-hybridized carbons (Fsp3) is 0. The third kappa shape index (κ3) is 3.68. The van der Waals surface area contributed by atoms with Gasteiger partial charge in [0.05, 0.1) is 8.95 Å². The van der Waals surface area contributed by atoms with Crippen LogP contribution in [0, 0.1) is 58.2 Å². The van der Waals surface area contributed by atoms with Crippen molar-refractivity contribution in [2.45, 2.75) is 0 Å². The van der Waals surface area contributed by atoms with Gasteiger partial charge in [0.25, 0.3) is 0 Å². The molecule has 0 saturated carbocycles. The number of hydrogen-bond acceptors (Lipinski definition) is 0. The van der Waals surface area contributed by atoms with Crippen LogP contribution >= 0.6 is 31.9 Å². The quantitative estimate of drug-likeness (QED) is 0.230. The van der Waals surface area contributed by atoms with Crippen LogP contribution in [0.25, 0.3) is 0 Å². The lowest BCUT2D eigenvalue weighted by Gasteiger charge is -2.00. The Morgan fingerprint density at radius 3 is 0.583 bits per heavy atom. The van der Waals surface area contributed by atoms with Crippen molar-refractivity contribution < 1.29 is 43.9 Å². The average Bonchev–Trinajstić information content (AvgIpc) is 2.58. The van der Waals surface area contributed by atoms with Crippen LogP contribution in [0.2, 0.25) is 0 Å². The van der Waals surface area contributed by atoms with Gasteiger partial charge in [-0.15, -0.1) is 0 Å². The molecule has 12 heteroatoms. The highest BCUT2D eigenvalue weighted by molar-refractivity contribution is 9.10. The number of benzene rings is 2. The van der Waals surface area contributed by atoms with Gasteiger partial charge >= 0.3 is 0 Å². The summed E-state index contributed by atoms with van der Waals surface area (Å²) < 4.78 is 121. The molecule has 0 aromatic heterocycles. The lowest BCUT2D eigenvalue weighted by Crippen LogP contribution is -2.01. The molecule has 0 aliphatic heterocycles. The topological polar surface area (TPSA) is 0 Å². The zero-order valence-corrected chi connectivity index (χ0v) is 13.7. The summed E-state index contributed by atoms with van der Waals surface area (Å²) in [5.74, 6) is -19.6. The molecule has 24 heavy (non-hydrogen) atoms. The molecule has 0 aliphatic carbocycles. The fourth-order valence-corrected chi connectivity index (χ4v) is 1.85. The molecule has 2 aromatic rings. The van der Waals surface area contributed by atoms with Crippen LogP contribution in [0.5, 0.6) is 0 Å². The molecule has 0 amide bonds. The van der Waals surface area contributed by atoms with Crippen LogP contribution in [-0.2, 0) is 0 Å². The molecule has 0 unspecified atom stereocenters. The lowest BCUT2D eigenvalue weighted by molar-refractivity contribution is 0.374. The van der Waals surface area contributed by atoms with Crippen molar-refractivity contribution in [3.05, 3.63) is 67.1 Å². The first-order valence-corrected chi connectivity index (χ1v) is 6.85. The molecule has 0 atom stereocenters. The number of halogens is 12. The minimum absolute atomic E-state index is 1.06. The van der Waals surface area contributed by atoms with E-state index in [1.54, 1.807) is 0 Å². The summed E-state index contributed by atoms with van der Waals surface area (Å²) in [5.41, 5.74) is 0. The van der Waals surface area contributed by atoms with Gasteiger partial charge < -0.3 is 0 Å². The van der Waals surface area contributed by atoms with E-state index in [-0.39, 0.29) is 0 Å². The standard InChI is InChI=1S/2C6BrF5/c2*7-1-2(8)4(10)6(12)5(11)3(1)9. The smallest absolute Gasteiger partial charge is 0.200 e. The molecule has 2 rings (SSSR count). The van der Waals surface area contributed by atoms with Crippen LogP contribution in [0.1, 0.15) is 0 Å². The van der Waals surface area contributed by atoms with E-state index in [1.807, 2.05) is 0 Å². The number of hydrogen-bond donors (Lipinski definition) is 0. The molecule has 0 radical (unpaired) electrons. The maximum Gasteiger partial charge on any atom is 0.200 e. The fourth-order valence-electron chi connectivity index (χ4n) is 1.16. The van der Waals surface area contributed by atoms with Crippen LogP contribution in [0.4, 0.5) is 43.9 Å². The van der Waals surface area contributed by atoms with Crippen LogP contribution < -0.4 is 0 Å². The predicted octanol–water partition coefficient (Wildman–Crippen LogP) is 6.29. The van der Waals surface area contributed by atoms with Crippen LogP contribution in [-0.4, -0.2) is 0 Å². The highest BCUT2D eigenvalue weighted by Crippen LogP contribution is 2.27. The normalized spacial score (nSPS) is 10.5. The first kappa shape index (κ1) is 20.7. The second-order valence-corrected chi connectivity index (χ2v) is 5.35. The maximum absolute atomic E-state index is 12.4. The Labute approximate surface area is 143 Å². The molecule has 0 nitrogen and oxygen atoms in total. The summed E-state index contributed by atoms with van der Waals surface area (Å²) in [7, 11) is 0. The Hall–Kier alpha value is -1.30. The van der Waals surface area contributed by atoms with Gasteiger partial charge in [0.15, 0.2) is 46.5 Å². The van der Waals surface area contributed by atoms with Gasteiger partial charge in [-0.25, -0.2) is 43.9 Å². The Morgan fingerprint density at radius 1 is 0.292 bits per heavy atom. The van der Waals surface area contributed by atoms with Crippen molar-refractivity contribution in [2.75, 3.05) is 0 Å². The van der Waals surface area contributed by atoms with Gasteiger partial charge in [-0.2, -0.15) is 0 Å². The van der Waals surface area contributed by atoms with Gasteiger partial charge in [0.2, 0.25) is 11.6 Å². The third-order valence-corrected chi connectivity index (χ3v) is 3.70. The Kier molecular flexibility index (Phi) is 6.67.